The highest BCUT2D eigenvalue weighted by Gasteiger charge is 2.21. The van der Waals surface area contributed by atoms with Crippen molar-refractivity contribution in [1.29, 1.82) is 0 Å². The van der Waals surface area contributed by atoms with Gasteiger partial charge >= 0.3 is 0 Å². The highest BCUT2D eigenvalue weighted by molar-refractivity contribution is 7.99. The smallest absolute Gasteiger partial charge is 0.238 e. The third kappa shape index (κ3) is 3.71. The lowest BCUT2D eigenvalue weighted by Gasteiger charge is -2.08. The van der Waals surface area contributed by atoms with Crippen LogP contribution in [0, 0.1) is 11.8 Å². The molecule has 0 spiro atoms. The average Bonchev–Trinajstić information content (AvgIpc) is 2.65. The van der Waals surface area contributed by atoms with E-state index in [1.807, 2.05) is 0 Å². The molecule has 1 amide bonds. The number of nitrogens with one attached hydrogen (secondary N) is 2. The molecule has 0 aromatic carbocycles. The third-order valence-electron chi connectivity index (χ3n) is 1.76. The Bertz CT molecular complexity index is 226. The first-order chi connectivity index (χ1) is 6.34. The molecular weight excluding hydrogens is 184 g/mol. The van der Waals surface area contributed by atoms with Crippen LogP contribution in [0.25, 0.3) is 0 Å². The Morgan fingerprint density at radius 1 is 1.77 bits per heavy atom. The lowest BCUT2D eigenvalue weighted by atomic mass is 10.3. The molecule has 1 aliphatic rings. The van der Waals surface area contributed by atoms with Gasteiger partial charge in [0, 0.05) is 24.6 Å². The minimum atomic E-state index is -0.000384. The monoisotopic (exact) mass is 198 g/mol. The largest absolute Gasteiger partial charge is 0.354 e. The van der Waals surface area contributed by atoms with E-state index in [1.54, 1.807) is 18.7 Å². The van der Waals surface area contributed by atoms with Crippen LogP contribution in [0.4, 0.5) is 0 Å². The molecule has 0 aromatic heterocycles. The summed E-state index contributed by atoms with van der Waals surface area (Å²) < 4.78 is 0. The molecule has 1 aliphatic heterocycles. The second-order valence-corrected chi connectivity index (χ2v) is 3.77. The van der Waals surface area contributed by atoms with Crippen molar-refractivity contribution in [1.82, 2.24) is 10.6 Å². The van der Waals surface area contributed by atoms with Gasteiger partial charge in [-0.2, -0.15) is 0 Å². The van der Waals surface area contributed by atoms with Crippen LogP contribution in [-0.2, 0) is 4.79 Å². The van der Waals surface area contributed by atoms with E-state index in [2.05, 4.69) is 22.5 Å². The van der Waals surface area contributed by atoms with Gasteiger partial charge in [0.15, 0.2) is 0 Å². The van der Waals surface area contributed by atoms with E-state index in [-0.39, 0.29) is 11.9 Å². The highest BCUT2D eigenvalue weighted by Crippen LogP contribution is 2.08. The van der Waals surface area contributed by atoms with E-state index in [0.29, 0.717) is 6.54 Å². The van der Waals surface area contributed by atoms with Crippen LogP contribution in [0.15, 0.2) is 0 Å². The molecule has 1 saturated heterocycles. The molecule has 72 valence electrons. The molecule has 4 heteroatoms. The Balaban J connectivity index is 2.12. The molecule has 0 radical (unpaired) electrons. The summed E-state index contributed by atoms with van der Waals surface area (Å²) in [5.41, 5.74) is 0. The van der Waals surface area contributed by atoms with Crippen molar-refractivity contribution in [2.24, 2.45) is 0 Å². The minimum absolute atomic E-state index is 0.000384. The van der Waals surface area contributed by atoms with Crippen LogP contribution in [0.1, 0.15) is 13.3 Å². The van der Waals surface area contributed by atoms with Crippen LogP contribution in [0.3, 0.4) is 0 Å². The summed E-state index contributed by atoms with van der Waals surface area (Å²) in [7, 11) is 0. The molecule has 1 rings (SSSR count). The summed E-state index contributed by atoms with van der Waals surface area (Å²) in [5.74, 6) is 7.56. The van der Waals surface area contributed by atoms with Gasteiger partial charge in [-0.3, -0.25) is 10.1 Å². The van der Waals surface area contributed by atoms with Crippen LogP contribution in [0.5, 0.6) is 0 Å². The Labute approximate surface area is 83.0 Å². The van der Waals surface area contributed by atoms with Crippen molar-refractivity contribution in [2.45, 2.75) is 19.4 Å². The number of amides is 1. The summed E-state index contributed by atoms with van der Waals surface area (Å²) >= 11 is 1.75. The van der Waals surface area contributed by atoms with Gasteiger partial charge in [0.25, 0.3) is 0 Å². The topological polar surface area (TPSA) is 41.1 Å². The fourth-order valence-corrected chi connectivity index (χ4v) is 2.00. The molecule has 3 nitrogen and oxygen atoms in total. The van der Waals surface area contributed by atoms with E-state index in [4.69, 9.17) is 0 Å². The van der Waals surface area contributed by atoms with Crippen molar-refractivity contribution in [2.75, 3.05) is 18.2 Å². The minimum Gasteiger partial charge on any atom is -0.354 e. The molecule has 0 bridgehead atoms. The number of carbonyl (C=O) groups excluding carboxylic acids is 1. The Hall–Kier alpha value is -0.660. The maximum Gasteiger partial charge on any atom is 0.238 e. The first-order valence-corrected chi connectivity index (χ1v) is 5.48. The lowest BCUT2D eigenvalue weighted by Crippen LogP contribution is -2.42. The zero-order valence-corrected chi connectivity index (χ0v) is 8.54. The van der Waals surface area contributed by atoms with Gasteiger partial charge in [0.2, 0.25) is 5.91 Å². The van der Waals surface area contributed by atoms with Gasteiger partial charge in [-0.1, -0.05) is 0 Å². The average molecular weight is 198 g/mol. The number of rotatable bonds is 3. The molecule has 2 N–H and O–H groups in total. The molecule has 1 atom stereocenters. The van der Waals surface area contributed by atoms with Gasteiger partial charge in [0.1, 0.15) is 0 Å². The lowest BCUT2D eigenvalue weighted by molar-refractivity contribution is -0.122. The van der Waals surface area contributed by atoms with Crippen molar-refractivity contribution >= 4 is 17.7 Å². The first-order valence-electron chi connectivity index (χ1n) is 4.33. The number of thioether (sulfide) groups is 1. The fraction of sp³-hybridized carbons (Fsp3) is 0.667. The van der Waals surface area contributed by atoms with Crippen molar-refractivity contribution in [3.05, 3.63) is 0 Å². The molecule has 1 fully saturated rings. The van der Waals surface area contributed by atoms with E-state index in [9.17, 15) is 4.79 Å². The Morgan fingerprint density at radius 2 is 2.62 bits per heavy atom. The zero-order valence-electron chi connectivity index (χ0n) is 7.72. The molecule has 13 heavy (non-hydrogen) atoms. The van der Waals surface area contributed by atoms with Crippen LogP contribution in [-0.4, -0.2) is 30.1 Å². The van der Waals surface area contributed by atoms with Gasteiger partial charge in [-0.25, -0.2) is 0 Å². The zero-order chi connectivity index (χ0) is 9.52. The standard InChI is InChI=1S/C9H14N2OS/c1-2-3-4-5-10-9(12)8-6-13-7-11-8/h8,11H,4-7H2,1H3,(H,10,12). The summed E-state index contributed by atoms with van der Waals surface area (Å²) in [6, 6.07) is -0.000384. The molecule has 1 unspecified atom stereocenters. The Kier molecular flexibility index (Phi) is 4.73. The predicted molar refractivity (Wildman–Crippen MR) is 55.3 cm³/mol. The summed E-state index contributed by atoms with van der Waals surface area (Å²) in [6.45, 7) is 2.46. The summed E-state index contributed by atoms with van der Waals surface area (Å²) in [5, 5.41) is 5.95. The van der Waals surface area contributed by atoms with Crippen LogP contribution in [0.2, 0.25) is 0 Å². The maximum absolute atomic E-state index is 11.4. The molecule has 0 aliphatic carbocycles. The van der Waals surface area contributed by atoms with E-state index < -0.39 is 0 Å². The van der Waals surface area contributed by atoms with E-state index in [1.165, 1.54) is 0 Å². The van der Waals surface area contributed by atoms with Crippen LogP contribution >= 0.6 is 11.8 Å². The van der Waals surface area contributed by atoms with Crippen molar-refractivity contribution < 1.29 is 4.79 Å². The van der Waals surface area contributed by atoms with Crippen LogP contribution < -0.4 is 10.6 Å². The van der Waals surface area contributed by atoms with Crippen molar-refractivity contribution in [3.8, 4) is 11.8 Å². The number of carbonyl (C=O) groups is 1. The Morgan fingerprint density at radius 3 is 3.23 bits per heavy atom. The second kappa shape index (κ2) is 5.90. The summed E-state index contributed by atoms with van der Waals surface area (Å²) in [4.78, 5) is 11.4. The number of hydrogen-bond donors (Lipinski definition) is 2. The van der Waals surface area contributed by atoms with Gasteiger partial charge in [0.05, 0.1) is 6.04 Å². The predicted octanol–water partition coefficient (Wildman–Crippen LogP) is 0.178. The fourth-order valence-electron chi connectivity index (χ4n) is 1.06. The molecule has 0 saturated carbocycles. The van der Waals surface area contributed by atoms with Gasteiger partial charge in [-0.05, 0) is 6.92 Å². The van der Waals surface area contributed by atoms with E-state index in [0.717, 1.165) is 18.1 Å². The van der Waals surface area contributed by atoms with Gasteiger partial charge in [-0.15, -0.1) is 23.6 Å². The first kappa shape index (κ1) is 10.4. The van der Waals surface area contributed by atoms with Gasteiger partial charge < -0.3 is 5.32 Å². The SMILES string of the molecule is CC#CCCNC(=O)C1CSCN1. The quantitative estimate of drug-likeness (QED) is 0.502. The highest BCUT2D eigenvalue weighted by atomic mass is 32.2. The van der Waals surface area contributed by atoms with E-state index >= 15 is 0 Å². The second-order valence-electron chi connectivity index (χ2n) is 2.74. The third-order valence-corrected chi connectivity index (χ3v) is 2.70. The normalized spacial score (nSPS) is 20.5. The molecular formula is C9H14N2OS. The molecule has 0 aromatic rings. The summed E-state index contributed by atoms with van der Waals surface area (Å²) in [6.07, 6.45) is 0.738. The maximum atomic E-state index is 11.4. The number of hydrogen-bond acceptors (Lipinski definition) is 3. The van der Waals surface area contributed by atoms with Crippen molar-refractivity contribution in [3.63, 3.8) is 0 Å². The molecule has 1 heterocycles.